The molecule has 6 heteroatoms. The summed E-state index contributed by atoms with van der Waals surface area (Å²) in [6.45, 7) is 0.936. The van der Waals surface area contributed by atoms with Crippen molar-refractivity contribution in [2.45, 2.75) is 25.5 Å². The molecule has 0 bridgehead atoms. The Bertz CT molecular complexity index is 504. The lowest BCUT2D eigenvalue weighted by Crippen LogP contribution is -2.42. The zero-order valence-electron chi connectivity index (χ0n) is 11.3. The number of nitrogens with zero attached hydrogens (tertiary/aromatic N) is 1. The molecule has 1 unspecified atom stereocenters. The van der Waals surface area contributed by atoms with Gasteiger partial charge in [0.1, 0.15) is 6.04 Å². The molecule has 1 aliphatic heterocycles. The van der Waals surface area contributed by atoms with Gasteiger partial charge in [0.15, 0.2) is 0 Å². The minimum absolute atomic E-state index is 0.371. The van der Waals surface area contributed by atoms with Crippen molar-refractivity contribution < 1.29 is 19.4 Å². The summed E-state index contributed by atoms with van der Waals surface area (Å²) in [5.41, 5.74) is 1.59. The van der Waals surface area contributed by atoms with Crippen LogP contribution in [0.15, 0.2) is 24.3 Å². The Hall–Kier alpha value is -2.08. The number of amides is 2. The van der Waals surface area contributed by atoms with Crippen LogP contribution in [0.1, 0.15) is 18.4 Å². The first-order valence-electron chi connectivity index (χ1n) is 6.50. The maximum atomic E-state index is 12.1. The fraction of sp³-hybridized carbons (Fsp3) is 0.429. The van der Waals surface area contributed by atoms with Gasteiger partial charge in [0.05, 0.1) is 6.61 Å². The minimum atomic E-state index is -0.953. The van der Waals surface area contributed by atoms with E-state index in [1.54, 1.807) is 13.2 Å². The van der Waals surface area contributed by atoms with Crippen molar-refractivity contribution in [1.82, 2.24) is 4.90 Å². The van der Waals surface area contributed by atoms with Gasteiger partial charge in [-0.05, 0) is 30.5 Å². The summed E-state index contributed by atoms with van der Waals surface area (Å²) in [5.74, 6) is -0.953. The number of benzene rings is 1. The van der Waals surface area contributed by atoms with Crippen LogP contribution in [0.3, 0.4) is 0 Å². The lowest BCUT2D eigenvalue weighted by atomic mass is 10.2. The highest BCUT2D eigenvalue weighted by Crippen LogP contribution is 2.19. The Kier molecular flexibility index (Phi) is 4.57. The third-order valence-corrected chi connectivity index (χ3v) is 3.29. The van der Waals surface area contributed by atoms with E-state index in [0.717, 1.165) is 5.56 Å². The summed E-state index contributed by atoms with van der Waals surface area (Å²) in [6, 6.07) is 6.20. The van der Waals surface area contributed by atoms with Crippen LogP contribution < -0.4 is 5.32 Å². The number of carboxylic acid groups (broad SMARTS) is 1. The molecule has 0 radical (unpaired) electrons. The van der Waals surface area contributed by atoms with Crippen molar-refractivity contribution in [1.29, 1.82) is 0 Å². The first-order chi connectivity index (χ1) is 9.61. The van der Waals surface area contributed by atoms with Crippen LogP contribution in [0, 0.1) is 0 Å². The molecule has 2 rings (SSSR count). The van der Waals surface area contributed by atoms with Crippen LogP contribution in [-0.4, -0.2) is 41.7 Å². The van der Waals surface area contributed by atoms with Gasteiger partial charge in [-0.2, -0.15) is 0 Å². The van der Waals surface area contributed by atoms with Crippen molar-refractivity contribution in [3.8, 4) is 0 Å². The highest BCUT2D eigenvalue weighted by molar-refractivity contribution is 5.92. The maximum absolute atomic E-state index is 12.1. The summed E-state index contributed by atoms with van der Waals surface area (Å²) in [6.07, 6.45) is 1.22. The number of rotatable bonds is 4. The van der Waals surface area contributed by atoms with Crippen molar-refractivity contribution >= 4 is 17.7 Å². The number of carboxylic acids is 1. The average Bonchev–Trinajstić information content (AvgIpc) is 2.89. The molecule has 108 valence electrons. The lowest BCUT2D eigenvalue weighted by molar-refractivity contribution is -0.141. The predicted octanol–water partition coefficient (Wildman–Crippen LogP) is 1.91. The van der Waals surface area contributed by atoms with Gasteiger partial charge in [0, 0.05) is 19.3 Å². The highest BCUT2D eigenvalue weighted by Gasteiger charge is 2.33. The first kappa shape index (κ1) is 14.3. The van der Waals surface area contributed by atoms with Gasteiger partial charge in [0.2, 0.25) is 0 Å². The molecule has 1 saturated heterocycles. The van der Waals surface area contributed by atoms with Gasteiger partial charge in [0.25, 0.3) is 0 Å². The third kappa shape index (κ3) is 3.27. The molecular weight excluding hydrogens is 260 g/mol. The van der Waals surface area contributed by atoms with Crippen LogP contribution in [-0.2, 0) is 16.1 Å². The molecule has 1 heterocycles. The fourth-order valence-corrected chi connectivity index (χ4v) is 2.37. The molecule has 1 aromatic rings. The Morgan fingerprint density at radius 3 is 3.00 bits per heavy atom. The average molecular weight is 278 g/mol. The SMILES string of the molecule is COCc1cccc(NC(=O)N2CCCC2C(=O)O)c1. The Labute approximate surface area is 117 Å². The van der Waals surface area contributed by atoms with E-state index in [1.165, 1.54) is 4.90 Å². The molecule has 0 spiro atoms. The van der Waals surface area contributed by atoms with Gasteiger partial charge < -0.3 is 20.1 Å². The Morgan fingerprint density at radius 1 is 1.50 bits per heavy atom. The summed E-state index contributed by atoms with van der Waals surface area (Å²) < 4.78 is 5.04. The van der Waals surface area contributed by atoms with Crippen LogP contribution in [0.25, 0.3) is 0 Å². The van der Waals surface area contributed by atoms with E-state index in [1.807, 2.05) is 18.2 Å². The van der Waals surface area contributed by atoms with E-state index < -0.39 is 12.0 Å². The van der Waals surface area contributed by atoms with E-state index in [0.29, 0.717) is 31.7 Å². The molecule has 0 saturated carbocycles. The highest BCUT2D eigenvalue weighted by atomic mass is 16.5. The topological polar surface area (TPSA) is 78.9 Å². The van der Waals surface area contributed by atoms with Crippen molar-refractivity contribution in [3.63, 3.8) is 0 Å². The molecular formula is C14H18N2O4. The standard InChI is InChI=1S/C14H18N2O4/c1-20-9-10-4-2-5-11(8-10)15-14(19)16-7-3-6-12(16)13(17)18/h2,4-5,8,12H,3,6-7,9H2,1H3,(H,15,19)(H,17,18). The van der Waals surface area contributed by atoms with Gasteiger partial charge in [-0.1, -0.05) is 12.1 Å². The quantitative estimate of drug-likeness (QED) is 0.881. The second kappa shape index (κ2) is 6.38. The molecule has 6 nitrogen and oxygen atoms in total. The number of likely N-dealkylation sites (tertiary alicyclic amines) is 1. The molecule has 2 N–H and O–H groups in total. The minimum Gasteiger partial charge on any atom is -0.480 e. The second-order valence-electron chi connectivity index (χ2n) is 4.75. The summed E-state index contributed by atoms with van der Waals surface area (Å²) >= 11 is 0. The van der Waals surface area contributed by atoms with Crippen molar-refractivity contribution in [2.75, 3.05) is 19.0 Å². The summed E-state index contributed by atoms with van der Waals surface area (Å²) in [5, 5.41) is 11.8. The zero-order chi connectivity index (χ0) is 14.5. The van der Waals surface area contributed by atoms with Crippen LogP contribution in [0.5, 0.6) is 0 Å². The predicted molar refractivity (Wildman–Crippen MR) is 73.5 cm³/mol. The summed E-state index contributed by atoms with van der Waals surface area (Å²) in [4.78, 5) is 24.6. The zero-order valence-corrected chi connectivity index (χ0v) is 11.3. The van der Waals surface area contributed by atoms with E-state index >= 15 is 0 Å². The fourth-order valence-electron chi connectivity index (χ4n) is 2.37. The second-order valence-corrected chi connectivity index (χ2v) is 4.75. The molecule has 0 aromatic heterocycles. The van der Waals surface area contributed by atoms with Crippen molar-refractivity contribution in [2.24, 2.45) is 0 Å². The van der Waals surface area contributed by atoms with Gasteiger partial charge >= 0.3 is 12.0 Å². The maximum Gasteiger partial charge on any atom is 0.326 e. The van der Waals surface area contributed by atoms with E-state index in [4.69, 9.17) is 9.84 Å². The number of ether oxygens (including phenoxy) is 1. The largest absolute Gasteiger partial charge is 0.480 e. The molecule has 20 heavy (non-hydrogen) atoms. The number of hydrogen-bond donors (Lipinski definition) is 2. The number of anilines is 1. The smallest absolute Gasteiger partial charge is 0.326 e. The number of urea groups is 1. The van der Waals surface area contributed by atoms with Gasteiger partial charge in [-0.3, -0.25) is 0 Å². The molecule has 1 fully saturated rings. The van der Waals surface area contributed by atoms with Gasteiger partial charge in [-0.25, -0.2) is 9.59 Å². The monoisotopic (exact) mass is 278 g/mol. The Balaban J connectivity index is 2.04. The van der Waals surface area contributed by atoms with Crippen LogP contribution in [0.2, 0.25) is 0 Å². The third-order valence-electron chi connectivity index (χ3n) is 3.29. The van der Waals surface area contributed by atoms with Gasteiger partial charge in [-0.15, -0.1) is 0 Å². The molecule has 2 amide bonds. The lowest BCUT2D eigenvalue weighted by Gasteiger charge is -2.21. The molecule has 1 aromatic carbocycles. The van der Waals surface area contributed by atoms with Crippen LogP contribution >= 0.6 is 0 Å². The normalized spacial score (nSPS) is 18.1. The summed E-state index contributed by atoms with van der Waals surface area (Å²) in [7, 11) is 1.60. The van der Waals surface area contributed by atoms with E-state index in [9.17, 15) is 9.59 Å². The first-order valence-corrected chi connectivity index (χ1v) is 6.50. The van der Waals surface area contributed by atoms with Crippen LogP contribution in [0.4, 0.5) is 10.5 Å². The molecule has 1 aliphatic rings. The number of nitrogens with one attached hydrogen (secondary N) is 1. The number of carbonyl (C=O) groups is 2. The van der Waals surface area contributed by atoms with E-state index in [2.05, 4.69) is 5.32 Å². The number of hydrogen-bond acceptors (Lipinski definition) is 3. The van der Waals surface area contributed by atoms with Crippen molar-refractivity contribution in [3.05, 3.63) is 29.8 Å². The molecule has 1 atom stereocenters. The molecule has 0 aliphatic carbocycles. The number of methoxy groups -OCH3 is 1. The Morgan fingerprint density at radius 2 is 2.30 bits per heavy atom. The number of carbonyl (C=O) groups excluding carboxylic acids is 1. The van der Waals surface area contributed by atoms with E-state index in [-0.39, 0.29) is 6.03 Å². The number of aliphatic carboxylic acids is 1.